The van der Waals surface area contributed by atoms with Crippen LogP contribution in [0.5, 0.6) is 5.75 Å². The first kappa shape index (κ1) is 8.74. The number of hydrogen-bond donors (Lipinski definition) is 0. The van der Waals surface area contributed by atoms with E-state index in [1.807, 2.05) is 25.1 Å². The lowest BCUT2D eigenvalue weighted by Gasteiger charge is -2.09. The van der Waals surface area contributed by atoms with E-state index in [9.17, 15) is 0 Å². The van der Waals surface area contributed by atoms with Crippen molar-refractivity contribution in [2.24, 2.45) is 0 Å². The molecule has 1 aromatic carbocycles. The van der Waals surface area contributed by atoms with Crippen LogP contribution in [0, 0.1) is 6.92 Å². The molecule has 4 nitrogen and oxygen atoms in total. The number of ether oxygens (including phenoxy) is 1. The van der Waals surface area contributed by atoms with Gasteiger partial charge in [0.05, 0.1) is 19.5 Å². The van der Waals surface area contributed by atoms with Gasteiger partial charge in [0.2, 0.25) is 0 Å². The Balaban J connectivity index is 2.61. The summed E-state index contributed by atoms with van der Waals surface area (Å²) >= 11 is 0. The Kier molecular flexibility index (Phi) is 2.18. The Morgan fingerprint density at radius 3 is 2.57 bits per heavy atom. The van der Waals surface area contributed by atoms with Crippen LogP contribution in [0.4, 0.5) is 0 Å². The van der Waals surface area contributed by atoms with Gasteiger partial charge in [-0.15, -0.1) is 4.80 Å². The van der Waals surface area contributed by atoms with Crippen LogP contribution in [0.25, 0.3) is 5.69 Å². The minimum atomic E-state index is 0.779. The molecule has 1 heterocycles. The van der Waals surface area contributed by atoms with Gasteiger partial charge in [0, 0.05) is 0 Å². The Labute approximate surface area is 82.1 Å². The fraction of sp³-hybridized carbons (Fsp3) is 0.200. The molecule has 0 unspecified atom stereocenters. The molecule has 0 radical (unpaired) electrons. The molecule has 0 saturated heterocycles. The Bertz CT molecular complexity index is 423. The number of aryl methyl sites for hydroxylation is 1. The molecule has 0 saturated carbocycles. The zero-order valence-electron chi connectivity index (χ0n) is 8.14. The van der Waals surface area contributed by atoms with Crippen molar-refractivity contribution in [3.63, 3.8) is 0 Å². The molecule has 0 amide bonds. The number of rotatable bonds is 2. The van der Waals surface area contributed by atoms with Gasteiger partial charge in [0.25, 0.3) is 0 Å². The fourth-order valence-corrected chi connectivity index (χ4v) is 1.38. The number of methoxy groups -OCH3 is 1. The van der Waals surface area contributed by atoms with Crippen molar-refractivity contribution < 1.29 is 4.74 Å². The summed E-state index contributed by atoms with van der Waals surface area (Å²) in [5.74, 6) is 0.779. The van der Waals surface area contributed by atoms with Gasteiger partial charge >= 0.3 is 0 Å². The molecule has 2 aromatic rings. The zero-order chi connectivity index (χ0) is 9.97. The van der Waals surface area contributed by atoms with Crippen molar-refractivity contribution in [2.75, 3.05) is 7.11 Å². The first-order valence-corrected chi connectivity index (χ1v) is 4.33. The number of benzene rings is 1. The van der Waals surface area contributed by atoms with E-state index in [0.29, 0.717) is 0 Å². The van der Waals surface area contributed by atoms with E-state index < -0.39 is 0 Å². The van der Waals surface area contributed by atoms with Crippen molar-refractivity contribution in [2.45, 2.75) is 6.92 Å². The Morgan fingerprint density at radius 2 is 1.93 bits per heavy atom. The van der Waals surface area contributed by atoms with E-state index in [1.54, 1.807) is 24.3 Å². The van der Waals surface area contributed by atoms with Gasteiger partial charge in [-0.1, -0.05) is 12.1 Å². The van der Waals surface area contributed by atoms with Crippen LogP contribution in [-0.4, -0.2) is 22.1 Å². The summed E-state index contributed by atoms with van der Waals surface area (Å²) in [5.41, 5.74) is 1.97. The van der Waals surface area contributed by atoms with E-state index in [0.717, 1.165) is 17.0 Å². The number of hydrogen-bond acceptors (Lipinski definition) is 3. The maximum absolute atomic E-state index is 5.25. The summed E-state index contributed by atoms with van der Waals surface area (Å²) in [6, 6.07) is 5.84. The smallest absolute Gasteiger partial charge is 0.146 e. The average Bonchev–Trinajstić information content (AvgIpc) is 2.70. The lowest BCUT2D eigenvalue weighted by molar-refractivity contribution is 0.409. The number of aromatic nitrogens is 3. The van der Waals surface area contributed by atoms with E-state index >= 15 is 0 Å². The molecule has 14 heavy (non-hydrogen) atoms. The second kappa shape index (κ2) is 3.49. The average molecular weight is 189 g/mol. The summed E-state index contributed by atoms with van der Waals surface area (Å²) < 4.78 is 5.25. The predicted octanol–water partition coefficient (Wildman–Crippen LogP) is 1.58. The van der Waals surface area contributed by atoms with Gasteiger partial charge in [-0.05, 0) is 18.6 Å². The SMILES string of the molecule is COc1cccc(C)c1-n1nccn1. The van der Waals surface area contributed by atoms with E-state index in [-0.39, 0.29) is 0 Å². The molecular weight excluding hydrogens is 178 g/mol. The normalized spacial score (nSPS) is 10.1. The van der Waals surface area contributed by atoms with Crippen LogP contribution >= 0.6 is 0 Å². The van der Waals surface area contributed by atoms with Crippen molar-refractivity contribution in [1.29, 1.82) is 0 Å². The molecule has 0 aliphatic rings. The number of para-hydroxylation sites is 1. The predicted molar refractivity (Wildman–Crippen MR) is 52.6 cm³/mol. The quantitative estimate of drug-likeness (QED) is 0.720. The highest BCUT2D eigenvalue weighted by molar-refractivity contribution is 5.50. The van der Waals surface area contributed by atoms with Gasteiger partial charge in [0.1, 0.15) is 11.4 Å². The van der Waals surface area contributed by atoms with Gasteiger partial charge in [-0.25, -0.2) is 0 Å². The number of nitrogens with zero attached hydrogens (tertiary/aromatic N) is 3. The maximum Gasteiger partial charge on any atom is 0.146 e. The fourth-order valence-electron chi connectivity index (χ4n) is 1.38. The van der Waals surface area contributed by atoms with E-state index in [1.165, 1.54) is 0 Å². The topological polar surface area (TPSA) is 39.9 Å². The van der Waals surface area contributed by atoms with Gasteiger partial charge in [-0.2, -0.15) is 10.2 Å². The molecule has 2 rings (SSSR count). The van der Waals surface area contributed by atoms with Crippen LogP contribution in [0.2, 0.25) is 0 Å². The lowest BCUT2D eigenvalue weighted by atomic mass is 10.2. The van der Waals surface area contributed by atoms with Crippen molar-refractivity contribution >= 4 is 0 Å². The Morgan fingerprint density at radius 1 is 1.21 bits per heavy atom. The van der Waals surface area contributed by atoms with E-state index in [2.05, 4.69) is 10.2 Å². The highest BCUT2D eigenvalue weighted by atomic mass is 16.5. The summed E-state index contributed by atoms with van der Waals surface area (Å²) in [5, 5.41) is 8.16. The standard InChI is InChI=1S/C10H11N3O/c1-8-4-3-5-9(14-2)10(8)13-11-6-7-12-13/h3-7H,1-2H3. The summed E-state index contributed by atoms with van der Waals surface area (Å²) in [4.78, 5) is 1.56. The summed E-state index contributed by atoms with van der Waals surface area (Å²) in [6.07, 6.45) is 3.29. The van der Waals surface area contributed by atoms with Crippen LogP contribution in [0.1, 0.15) is 5.56 Å². The van der Waals surface area contributed by atoms with Gasteiger partial charge in [-0.3, -0.25) is 0 Å². The molecule has 1 aromatic heterocycles. The molecule has 0 atom stereocenters. The molecule has 0 spiro atoms. The third-order valence-corrected chi connectivity index (χ3v) is 2.04. The molecular formula is C10H11N3O. The minimum Gasteiger partial charge on any atom is -0.494 e. The van der Waals surface area contributed by atoms with Gasteiger partial charge < -0.3 is 4.74 Å². The molecule has 0 fully saturated rings. The minimum absolute atomic E-state index is 0.779. The molecule has 72 valence electrons. The Hall–Kier alpha value is -1.84. The highest BCUT2D eigenvalue weighted by Crippen LogP contribution is 2.24. The van der Waals surface area contributed by atoms with Crippen LogP contribution < -0.4 is 4.74 Å². The zero-order valence-corrected chi connectivity index (χ0v) is 8.14. The molecule has 0 aliphatic heterocycles. The second-order valence-electron chi connectivity index (χ2n) is 2.94. The lowest BCUT2D eigenvalue weighted by Crippen LogP contribution is -2.03. The first-order valence-electron chi connectivity index (χ1n) is 4.33. The van der Waals surface area contributed by atoms with Gasteiger partial charge in [0.15, 0.2) is 0 Å². The third kappa shape index (κ3) is 1.35. The van der Waals surface area contributed by atoms with Crippen LogP contribution in [0.3, 0.4) is 0 Å². The van der Waals surface area contributed by atoms with Crippen molar-refractivity contribution in [3.8, 4) is 11.4 Å². The second-order valence-corrected chi connectivity index (χ2v) is 2.94. The van der Waals surface area contributed by atoms with Crippen LogP contribution in [0.15, 0.2) is 30.6 Å². The molecule has 4 heteroatoms. The van der Waals surface area contributed by atoms with Crippen molar-refractivity contribution in [3.05, 3.63) is 36.2 Å². The summed E-state index contributed by atoms with van der Waals surface area (Å²) in [6.45, 7) is 2.00. The highest BCUT2D eigenvalue weighted by Gasteiger charge is 2.08. The molecule has 0 N–H and O–H groups in total. The summed E-state index contributed by atoms with van der Waals surface area (Å²) in [7, 11) is 1.64. The largest absolute Gasteiger partial charge is 0.494 e. The van der Waals surface area contributed by atoms with Crippen molar-refractivity contribution in [1.82, 2.24) is 15.0 Å². The molecule has 0 bridgehead atoms. The maximum atomic E-state index is 5.25. The monoisotopic (exact) mass is 189 g/mol. The molecule has 0 aliphatic carbocycles. The van der Waals surface area contributed by atoms with Crippen LogP contribution in [-0.2, 0) is 0 Å². The van der Waals surface area contributed by atoms with E-state index in [4.69, 9.17) is 4.74 Å². The first-order chi connectivity index (χ1) is 6.83. The third-order valence-electron chi connectivity index (χ3n) is 2.04.